The van der Waals surface area contributed by atoms with Crippen LogP contribution in [0.15, 0.2) is 24.3 Å². The van der Waals surface area contributed by atoms with Gasteiger partial charge in [-0.1, -0.05) is 18.2 Å². The molecule has 18 heavy (non-hydrogen) atoms. The second-order valence-electron chi connectivity index (χ2n) is 5.21. The van der Waals surface area contributed by atoms with Gasteiger partial charge in [0.2, 0.25) is 5.91 Å². The molecule has 1 aromatic carbocycles. The molecule has 0 spiro atoms. The predicted molar refractivity (Wildman–Crippen MR) is 72.2 cm³/mol. The number of rotatable bonds is 4. The molecule has 0 radical (unpaired) electrons. The van der Waals surface area contributed by atoms with Crippen molar-refractivity contribution in [2.24, 2.45) is 0 Å². The van der Waals surface area contributed by atoms with Crippen molar-refractivity contribution in [3.05, 3.63) is 29.8 Å². The van der Waals surface area contributed by atoms with Gasteiger partial charge in [0.1, 0.15) is 18.3 Å². The van der Waals surface area contributed by atoms with Crippen LogP contribution in [0.25, 0.3) is 0 Å². The van der Waals surface area contributed by atoms with Crippen molar-refractivity contribution in [2.45, 2.75) is 31.7 Å². The maximum absolute atomic E-state index is 12.3. The molecule has 1 unspecified atom stereocenters. The Balaban J connectivity index is 2.08. The molecular formula is C14H18ClNO2. The lowest BCUT2D eigenvalue weighted by molar-refractivity contribution is -0.124. The summed E-state index contributed by atoms with van der Waals surface area (Å²) in [7, 11) is 0. The van der Waals surface area contributed by atoms with E-state index in [1.165, 1.54) is 0 Å². The molecule has 0 saturated carbocycles. The number of hydrogen-bond acceptors (Lipinski definition) is 2. The minimum atomic E-state index is -0.281. The number of amides is 1. The normalized spacial score (nSPS) is 18.1. The summed E-state index contributed by atoms with van der Waals surface area (Å²) >= 11 is 5.73. The lowest BCUT2D eigenvalue weighted by Crippen LogP contribution is -2.46. The van der Waals surface area contributed by atoms with Crippen molar-refractivity contribution in [3.8, 4) is 5.75 Å². The molecule has 1 N–H and O–H groups in total. The van der Waals surface area contributed by atoms with E-state index in [1.807, 2.05) is 38.1 Å². The Morgan fingerprint density at radius 1 is 1.50 bits per heavy atom. The summed E-state index contributed by atoms with van der Waals surface area (Å²) in [4.78, 5) is 12.3. The van der Waals surface area contributed by atoms with E-state index in [2.05, 4.69) is 5.32 Å². The van der Waals surface area contributed by atoms with Gasteiger partial charge < -0.3 is 10.1 Å². The number of carbonyl (C=O) groups is 1. The van der Waals surface area contributed by atoms with Crippen molar-refractivity contribution in [2.75, 3.05) is 12.5 Å². The molecule has 2 rings (SSSR count). The van der Waals surface area contributed by atoms with Gasteiger partial charge in [-0.15, -0.1) is 11.6 Å². The third kappa shape index (κ3) is 2.78. The van der Waals surface area contributed by atoms with Crippen LogP contribution in [0.1, 0.15) is 31.7 Å². The van der Waals surface area contributed by atoms with Gasteiger partial charge in [-0.25, -0.2) is 0 Å². The summed E-state index contributed by atoms with van der Waals surface area (Å²) in [6.45, 7) is 4.38. The van der Waals surface area contributed by atoms with E-state index >= 15 is 0 Å². The van der Waals surface area contributed by atoms with Crippen molar-refractivity contribution in [1.29, 1.82) is 0 Å². The van der Waals surface area contributed by atoms with Crippen LogP contribution in [0, 0.1) is 0 Å². The summed E-state index contributed by atoms with van der Waals surface area (Å²) in [6.07, 6.45) is 0.746. The summed E-state index contributed by atoms with van der Waals surface area (Å²) < 4.78 is 5.52. The zero-order valence-corrected chi connectivity index (χ0v) is 11.5. The number of ether oxygens (including phenoxy) is 1. The van der Waals surface area contributed by atoms with Crippen LogP contribution in [0.2, 0.25) is 0 Å². The molecule has 1 amide bonds. The first kappa shape index (κ1) is 13.2. The molecule has 0 aliphatic carbocycles. The summed E-state index contributed by atoms with van der Waals surface area (Å²) in [5.41, 5.74) is 0.688. The average Bonchev–Trinajstić information content (AvgIpc) is 2.71. The fraction of sp³-hybridized carbons (Fsp3) is 0.500. The lowest BCUT2D eigenvalue weighted by atomic mass is 9.96. The Kier molecular flexibility index (Phi) is 3.81. The molecule has 1 aliphatic rings. The van der Waals surface area contributed by atoms with E-state index in [9.17, 15) is 4.79 Å². The van der Waals surface area contributed by atoms with E-state index in [0.29, 0.717) is 12.5 Å². The second-order valence-corrected chi connectivity index (χ2v) is 5.59. The fourth-order valence-electron chi connectivity index (χ4n) is 2.10. The summed E-state index contributed by atoms with van der Waals surface area (Å²) in [6, 6.07) is 7.68. The highest BCUT2D eigenvalue weighted by Gasteiger charge is 2.32. The van der Waals surface area contributed by atoms with Gasteiger partial charge in [0.25, 0.3) is 0 Å². The minimum absolute atomic E-state index is 0.00932. The van der Waals surface area contributed by atoms with Crippen molar-refractivity contribution >= 4 is 17.5 Å². The summed E-state index contributed by atoms with van der Waals surface area (Å²) in [5.74, 6) is 1.14. The Bertz CT molecular complexity index is 445. The van der Waals surface area contributed by atoms with E-state index < -0.39 is 0 Å². The topological polar surface area (TPSA) is 38.3 Å². The number of para-hydroxylation sites is 1. The third-order valence-corrected chi connectivity index (χ3v) is 3.39. The number of benzene rings is 1. The van der Waals surface area contributed by atoms with E-state index in [0.717, 1.165) is 17.7 Å². The third-order valence-electron chi connectivity index (χ3n) is 3.20. The quantitative estimate of drug-likeness (QED) is 0.852. The molecule has 0 aromatic heterocycles. The van der Waals surface area contributed by atoms with Crippen LogP contribution >= 0.6 is 11.6 Å². The Hall–Kier alpha value is -1.22. The molecule has 4 heteroatoms. The van der Waals surface area contributed by atoms with Gasteiger partial charge in [0, 0.05) is 17.0 Å². The molecule has 1 aliphatic heterocycles. The Morgan fingerprint density at radius 2 is 2.22 bits per heavy atom. The van der Waals surface area contributed by atoms with Crippen LogP contribution in [0.4, 0.5) is 0 Å². The Labute approximate surface area is 112 Å². The number of fused-ring (bicyclic) bond motifs is 1. The SMILES string of the molecule is CC(C)(CCCl)NC(=O)C1COc2ccccc21. The number of nitrogens with one attached hydrogen (secondary N) is 1. The molecule has 98 valence electrons. The number of hydrogen-bond donors (Lipinski definition) is 1. The van der Waals surface area contributed by atoms with Gasteiger partial charge in [-0.2, -0.15) is 0 Å². The van der Waals surface area contributed by atoms with Crippen LogP contribution in [0.5, 0.6) is 5.75 Å². The number of alkyl halides is 1. The fourth-order valence-corrected chi connectivity index (χ4v) is 2.57. The Morgan fingerprint density at radius 3 is 2.94 bits per heavy atom. The second kappa shape index (κ2) is 5.19. The summed E-state index contributed by atoms with van der Waals surface area (Å²) in [5, 5.41) is 3.04. The lowest BCUT2D eigenvalue weighted by Gasteiger charge is -2.26. The maximum Gasteiger partial charge on any atom is 0.231 e. The first-order valence-corrected chi connectivity index (χ1v) is 6.67. The zero-order chi connectivity index (χ0) is 13.2. The first-order chi connectivity index (χ1) is 8.53. The zero-order valence-electron chi connectivity index (χ0n) is 10.7. The van der Waals surface area contributed by atoms with Gasteiger partial charge in [0.05, 0.1) is 0 Å². The smallest absolute Gasteiger partial charge is 0.231 e. The van der Waals surface area contributed by atoms with Crippen LogP contribution in [0.3, 0.4) is 0 Å². The highest BCUT2D eigenvalue weighted by atomic mass is 35.5. The van der Waals surface area contributed by atoms with Gasteiger partial charge >= 0.3 is 0 Å². The molecule has 1 heterocycles. The maximum atomic E-state index is 12.3. The first-order valence-electron chi connectivity index (χ1n) is 6.13. The minimum Gasteiger partial charge on any atom is -0.492 e. The van der Waals surface area contributed by atoms with Crippen molar-refractivity contribution in [3.63, 3.8) is 0 Å². The highest BCUT2D eigenvalue weighted by molar-refractivity contribution is 6.17. The van der Waals surface area contributed by atoms with Crippen molar-refractivity contribution < 1.29 is 9.53 Å². The van der Waals surface area contributed by atoms with E-state index in [4.69, 9.17) is 16.3 Å². The largest absolute Gasteiger partial charge is 0.492 e. The molecule has 1 atom stereocenters. The highest BCUT2D eigenvalue weighted by Crippen LogP contribution is 2.33. The molecule has 0 bridgehead atoms. The van der Waals surface area contributed by atoms with Crippen LogP contribution < -0.4 is 10.1 Å². The van der Waals surface area contributed by atoms with Gasteiger partial charge in [-0.3, -0.25) is 4.79 Å². The molecule has 0 saturated heterocycles. The number of carbonyl (C=O) groups excluding carboxylic acids is 1. The molecular weight excluding hydrogens is 250 g/mol. The van der Waals surface area contributed by atoms with Crippen LogP contribution in [-0.2, 0) is 4.79 Å². The predicted octanol–water partition coefficient (Wildman–Crippen LogP) is 2.69. The molecule has 0 fully saturated rings. The molecule has 3 nitrogen and oxygen atoms in total. The van der Waals surface area contributed by atoms with E-state index in [1.54, 1.807) is 0 Å². The molecule has 1 aromatic rings. The van der Waals surface area contributed by atoms with Gasteiger partial charge in [0.15, 0.2) is 0 Å². The number of halogens is 1. The van der Waals surface area contributed by atoms with Crippen molar-refractivity contribution in [1.82, 2.24) is 5.32 Å². The van der Waals surface area contributed by atoms with Gasteiger partial charge in [-0.05, 0) is 26.3 Å². The average molecular weight is 268 g/mol. The standard InChI is InChI=1S/C14H18ClNO2/c1-14(2,7-8-15)16-13(17)11-9-18-12-6-4-3-5-10(11)12/h3-6,11H,7-9H2,1-2H3,(H,16,17). The van der Waals surface area contributed by atoms with Crippen LogP contribution in [-0.4, -0.2) is 23.9 Å². The van der Waals surface area contributed by atoms with E-state index in [-0.39, 0.29) is 17.4 Å². The monoisotopic (exact) mass is 267 g/mol.